The SMILES string of the molecule is c1ccc(-c2ccc(-c3nc(-c4ccccc4)nc(-c4cccc(-c5ccc6c(c5)c5ccccc5c5ccc7c8ccccc8sc7c56)c4)n3)cc2)cc1. The number of hydrogen-bond acceptors (Lipinski definition) is 4. The lowest BCUT2D eigenvalue weighted by Gasteiger charge is -2.13. The minimum atomic E-state index is 0.641. The minimum absolute atomic E-state index is 0.641. The number of benzene rings is 9. The van der Waals surface area contributed by atoms with E-state index in [1.165, 1.54) is 58.1 Å². The molecule has 9 aromatic carbocycles. The summed E-state index contributed by atoms with van der Waals surface area (Å²) in [6.07, 6.45) is 0. The highest BCUT2D eigenvalue weighted by Crippen LogP contribution is 2.45. The van der Waals surface area contributed by atoms with Crippen LogP contribution in [0.2, 0.25) is 0 Å². The number of rotatable bonds is 5. The summed E-state index contributed by atoms with van der Waals surface area (Å²) in [5, 5.41) is 10.3. The molecule has 11 aromatic rings. The monoisotopic (exact) mass is 717 g/mol. The summed E-state index contributed by atoms with van der Waals surface area (Å²) < 4.78 is 2.67. The van der Waals surface area contributed by atoms with Crippen LogP contribution in [-0.4, -0.2) is 15.0 Å². The van der Waals surface area contributed by atoms with Gasteiger partial charge in [-0.25, -0.2) is 15.0 Å². The molecule has 0 aliphatic carbocycles. The predicted molar refractivity (Wildman–Crippen MR) is 232 cm³/mol. The van der Waals surface area contributed by atoms with Crippen molar-refractivity contribution in [2.24, 2.45) is 0 Å². The smallest absolute Gasteiger partial charge is 0.164 e. The van der Waals surface area contributed by atoms with E-state index < -0.39 is 0 Å². The summed E-state index contributed by atoms with van der Waals surface area (Å²) in [5.41, 5.74) is 7.42. The van der Waals surface area contributed by atoms with Crippen molar-refractivity contribution in [3.63, 3.8) is 0 Å². The summed E-state index contributed by atoms with van der Waals surface area (Å²) in [7, 11) is 0. The lowest BCUT2D eigenvalue weighted by molar-refractivity contribution is 1.07. The molecule has 0 saturated heterocycles. The molecule has 0 aliphatic rings. The van der Waals surface area contributed by atoms with Crippen molar-refractivity contribution < 1.29 is 0 Å². The average molecular weight is 718 g/mol. The summed E-state index contributed by atoms with van der Waals surface area (Å²) in [6.45, 7) is 0. The first-order valence-electron chi connectivity index (χ1n) is 18.5. The van der Waals surface area contributed by atoms with Gasteiger partial charge < -0.3 is 0 Å². The third-order valence-corrected chi connectivity index (χ3v) is 11.9. The van der Waals surface area contributed by atoms with Crippen LogP contribution in [0, 0.1) is 0 Å². The highest BCUT2D eigenvalue weighted by molar-refractivity contribution is 7.26. The van der Waals surface area contributed by atoms with Crippen molar-refractivity contribution in [2.45, 2.75) is 0 Å². The maximum atomic E-state index is 5.09. The highest BCUT2D eigenvalue weighted by atomic mass is 32.1. The fourth-order valence-corrected chi connectivity index (χ4v) is 9.29. The van der Waals surface area contributed by atoms with Crippen LogP contribution in [0.1, 0.15) is 0 Å². The minimum Gasteiger partial charge on any atom is -0.208 e. The van der Waals surface area contributed by atoms with Gasteiger partial charge in [-0.15, -0.1) is 11.3 Å². The van der Waals surface area contributed by atoms with Gasteiger partial charge in [0.05, 0.1) is 0 Å². The van der Waals surface area contributed by atoms with E-state index in [9.17, 15) is 0 Å². The molecule has 0 aliphatic heterocycles. The molecule has 4 heteroatoms. The lowest BCUT2D eigenvalue weighted by Crippen LogP contribution is -2.00. The van der Waals surface area contributed by atoms with Gasteiger partial charge >= 0.3 is 0 Å². The lowest BCUT2D eigenvalue weighted by atomic mass is 9.91. The fourth-order valence-electron chi connectivity index (χ4n) is 8.03. The van der Waals surface area contributed by atoms with E-state index in [-0.39, 0.29) is 0 Å². The van der Waals surface area contributed by atoms with Crippen molar-refractivity contribution in [3.8, 4) is 56.4 Å². The second-order valence-corrected chi connectivity index (χ2v) is 15.0. The zero-order valence-corrected chi connectivity index (χ0v) is 30.5. The molecular weight excluding hydrogens is 687 g/mol. The molecule has 0 unspecified atom stereocenters. The number of nitrogens with zero attached hydrogens (tertiary/aromatic N) is 3. The maximum Gasteiger partial charge on any atom is 0.164 e. The van der Waals surface area contributed by atoms with E-state index in [1.807, 2.05) is 47.7 Å². The Labute approximate surface area is 321 Å². The number of hydrogen-bond donors (Lipinski definition) is 0. The molecule has 0 N–H and O–H groups in total. The molecular formula is C51H31N3S. The summed E-state index contributed by atoms with van der Waals surface area (Å²) in [4.78, 5) is 15.1. The third kappa shape index (κ3) is 5.38. The predicted octanol–water partition coefficient (Wildman–Crippen LogP) is 14.0. The van der Waals surface area contributed by atoms with E-state index >= 15 is 0 Å². The molecule has 2 aromatic heterocycles. The summed E-state index contributed by atoms with van der Waals surface area (Å²) in [5.74, 6) is 1.93. The van der Waals surface area contributed by atoms with Gasteiger partial charge in [-0.2, -0.15) is 0 Å². The zero-order valence-electron chi connectivity index (χ0n) is 29.6. The Morgan fingerprint density at radius 1 is 0.273 bits per heavy atom. The zero-order chi connectivity index (χ0) is 36.3. The van der Waals surface area contributed by atoms with Crippen LogP contribution in [-0.2, 0) is 0 Å². The van der Waals surface area contributed by atoms with Gasteiger partial charge in [0.2, 0.25) is 0 Å². The van der Waals surface area contributed by atoms with Crippen molar-refractivity contribution in [1.82, 2.24) is 15.0 Å². The van der Waals surface area contributed by atoms with Gasteiger partial charge in [0, 0.05) is 42.2 Å². The Morgan fingerprint density at radius 3 is 1.47 bits per heavy atom. The Balaban J connectivity index is 1.06. The molecule has 0 amide bonds. The third-order valence-electron chi connectivity index (χ3n) is 10.7. The molecule has 3 nitrogen and oxygen atoms in total. The average Bonchev–Trinajstić information content (AvgIpc) is 3.66. The van der Waals surface area contributed by atoms with E-state index in [2.05, 4.69) is 152 Å². The standard InChI is InChI=1S/C51H31N3S/c1-3-12-32(13-4-1)33-22-24-35(25-23-33)50-52-49(34-14-5-2-6-15-34)53-51(54-50)38-17-11-16-36(30-38)37-26-27-43-45(31-37)40-19-8-7-18-39(40)42-28-29-44-41-20-9-10-21-46(41)55-48(44)47(42)43/h1-31H. The molecule has 0 saturated carbocycles. The number of thiophene rings is 1. The van der Waals surface area contributed by atoms with Crippen LogP contribution in [0.3, 0.4) is 0 Å². The summed E-state index contributed by atoms with van der Waals surface area (Å²) >= 11 is 1.89. The van der Waals surface area contributed by atoms with Gasteiger partial charge in [-0.3, -0.25) is 0 Å². The molecule has 55 heavy (non-hydrogen) atoms. The van der Waals surface area contributed by atoms with Crippen LogP contribution in [0.4, 0.5) is 0 Å². The second-order valence-electron chi connectivity index (χ2n) is 14.0. The van der Waals surface area contributed by atoms with E-state index in [1.54, 1.807) is 0 Å². The van der Waals surface area contributed by atoms with Gasteiger partial charge in [-0.05, 0) is 67.4 Å². The molecule has 0 bridgehead atoms. The van der Waals surface area contributed by atoms with Crippen molar-refractivity contribution in [3.05, 3.63) is 188 Å². The fraction of sp³-hybridized carbons (Fsp3) is 0. The first-order valence-corrected chi connectivity index (χ1v) is 19.3. The Hall–Kier alpha value is -7.01. The molecule has 0 atom stereocenters. The van der Waals surface area contributed by atoms with Crippen molar-refractivity contribution in [2.75, 3.05) is 0 Å². The first-order chi connectivity index (χ1) is 27.2. The van der Waals surface area contributed by atoms with Crippen LogP contribution in [0.25, 0.3) is 109 Å². The Morgan fingerprint density at radius 2 is 0.727 bits per heavy atom. The van der Waals surface area contributed by atoms with Crippen LogP contribution in [0.15, 0.2) is 188 Å². The van der Waals surface area contributed by atoms with Crippen LogP contribution < -0.4 is 0 Å². The second kappa shape index (κ2) is 12.8. The van der Waals surface area contributed by atoms with Gasteiger partial charge in [0.25, 0.3) is 0 Å². The largest absolute Gasteiger partial charge is 0.208 e. The normalized spacial score (nSPS) is 11.6. The molecule has 256 valence electrons. The quantitative estimate of drug-likeness (QED) is 0.166. The van der Waals surface area contributed by atoms with E-state index in [0.717, 1.165) is 33.4 Å². The first kappa shape index (κ1) is 31.5. The summed E-state index contributed by atoms with van der Waals surface area (Å²) in [6, 6.07) is 66.8. The number of aromatic nitrogens is 3. The molecule has 0 radical (unpaired) electrons. The Kier molecular flexibility index (Phi) is 7.35. The topological polar surface area (TPSA) is 38.7 Å². The van der Waals surface area contributed by atoms with Gasteiger partial charge in [0.1, 0.15) is 0 Å². The van der Waals surface area contributed by atoms with Gasteiger partial charge in [0.15, 0.2) is 17.5 Å². The van der Waals surface area contributed by atoms with Crippen molar-refractivity contribution >= 4 is 63.8 Å². The van der Waals surface area contributed by atoms with Gasteiger partial charge in [-0.1, -0.05) is 170 Å². The van der Waals surface area contributed by atoms with Crippen LogP contribution in [0.5, 0.6) is 0 Å². The molecule has 0 spiro atoms. The van der Waals surface area contributed by atoms with E-state index in [4.69, 9.17) is 15.0 Å². The van der Waals surface area contributed by atoms with Crippen molar-refractivity contribution in [1.29, 1.82) is 0 Å². The molecule has 0 fully saturated rings. The van der Waals surface area contributed by atoms with E-state index in [0.29, 0.717) is 17.5 Å². The number of fused-ring (bicyclic) bond motifs is 10. The Bertz CT molecular complexity index is 3240. The van der Waals surface area contributed by atoms with Crippen LogP contribution >= 0.6 is 11.3 Å². The highest BCUT2D eigenvalue weighted by Gasteiger charge is 2.17. The molecule has 2 heterocycles. The maximum absolute atomic E-state index is 5.09. The molecule has 11 rings (SSSR count).